The van der Waals surface area contributed by atoms with E-state index in [0.29, 0.717) is 0 Å². The molecule has 0 spiro atoms. The molecule has 19 heteroatoms. The molecule has 0 aromatic carbocycles. The Balaban J connectivity index is 4.44. The standard InChI is InChI=1S/C12H13F14NO4/c13-7(14,9(17,18)11(21,22)23)5(28)30-3-1-27-2-4-31-6(29)8(15,16)10(19,20)12(24,25)26/h5-6,27-29H,1-4H2. The highest BCUT2D eigenvalue weighted by atomic mass is 19.4. The quantitative estimate of drug-likeness (QED) is 0.218. The van der Waals surface area contributed by atoms with Gasteiger partial charge in [-0.1, -0.05) is 0 Å². The van der Waals surface area contributed by atoms with Gasteiger partial charge in [0.25, 0.3) is 0 Å². The summed E-state index contributed by atoms with van der Waals surface area (Å²) >= 11 is 0. The summed E-state index contributed by atoms with van der Waals surface area (Å²) in [5.74, 6) is -25.5. The maximum absolute atomic E-state index is 13.0. The fourth-order valence-electron chi connectivity index (χ4n) is 1.51. The number of aliphatic hydroxyl groups excluding tert-OH is 2. The second-order valence-corrected chi connectivity index (χ2v) is 5.59. The second-order valence-electron chi connectivity index (χ2n) is 5.59. The summed E-state index contributed by atoms with van der Waals surface area (Å²) in [6.45, 7) is -3.90. The van der Waals surface area contributed by atoms with E-state index in [0.717, 1.165) is 0 Å². The van der Waals surface area contributed by atoms with E-state index in [9.17, 15) is 61.5 Å². The molecular formula is C12H13F14NO4. The zero-order chi connectivity index (χ0) is 25.1. The maximum atomic E-state index is 13.0. The summed E-state index contributed by atoms with van der Waals surface area (Å²) in [7, 11) is 0. The van der Waals surface area contributed by atoms with Gasteiger partial charge in [0.2, 0.25) is 12.6 Å². The van der Waals surface area contributed by atoms with Gasteiger partial charge in [-0.05, 0) is 0 Å². The van der Waals surface area contributed by atoms with Crippen LogP contribution >= 0.6 is 0 Å². The van der Waals surface area contributed by atoms with E-state index in [2.05, 4.69) is 9.47 Å². The summed E-state index contributed by atoms with van der Waals surface area (Å²) in [5, 5.41) is 19.4. The number of rotatable bonds is 12. The zero-order valence-electron chi connectivity index (χ0n) is 14.5. The molecule has 0 aromatic heterocycles. The van der Waals surface area contributed by atoms with E-state index >= 15 is 0 Å². The van der Waals surface area contributed by atoms with Crippen molar-refractivity contribution in [1.29, 1.82) is 0 Å². The number of alkyl halides is 14. The first-order valence-corrected chi connectivity index (χ1v) is 7.50. The molecule has 0 fully saturated rings. The summed E-state index contributed by atoms with van der Waals surface area (Å²) in [6, 6.07) is 0. The Hall–Kier alpha value is -1.18. The lowest BCUT2D eigenvalue weighted by Crippen LogP contribution is -2.58. The van der Waals surface area contributed by atoms with Gasteiger partial charge in [-0.15, -0.1) is 0 Å². The van der Waals surface area contributed by atoms with Crippen molar-refractivity contribution < 1.29 is 81.2 Å². The van der Waals surface area contributed by atoms with Crippen LogP contribution in [0.4, 0.5) is 61.5 Å². The fraction of sp³-hybridized carbons (Fsp3) is 1.00. The van der Waals surface area contributed by atoms with Crippen molar-refractivity contribution in [3.05, 3.63) is 0 Å². The van der Waals surface area contributed by atoms with Crippen LogP contribution in [0.25, 0.3) is 0 Å². The average molecular weight is 501 g/mol. The third-order valence-corrected chi connectivity index (χ3v) is 3.28. The van der Waals surface area contributed by atoms with E-state index in [1.54, 1.807) is 0 Å². The third kappa shape index (κ3) is 6.42. The Bertz CT molecular complexity index is 516. The summed E-state index contributed by atoms with van der Waals surface area (Å²) in [6.07, 6.45) is -21.3. The minimum Gasteiger partial charge on any atom is -0.363 e. The predicted molar refractivity (Wildman–Crippen MR) is 68.7 cm³/mol. The van der Waals surface area contributed by atoms with Crippen LogP contribution in [0, 0.1) is 0 Å². The fourth-order valence-corrected chi connectivity index (χ4v) is 1.51. The molecule has 0 aliphatic rings. The van der Waals surface area contributed by atoms with Gasteiger partial charge in [0, 0.05) is 13.1 Å². The topological polar surface area (TPSA) is 71.0 Å². The van der Waals surface area contributed by atoms with Crippen LogP contribution in [0.1, 0.15) is 0 Å². The molecule has 0 rings (SSSR count). The molecule has 0 aromatic rings. The molecule has 0 saturated heterocycles. The lowest BCUT2D eigenvalue weighted by molar-refractivity contribution is -0.395. The van der Waals surface area contributed by atoms with E-state index in [1.807, 2.05) is 5.32 Å². The lowest BCUT2D eigenvalue weighted by atomic mass is 10.1. The van der Waals surface area contributed by atoms with Crippen LogP contribution in [0.3, 0.4) is 0 Å². The molecule has 188 valence electrons. The van der Waals surface area contributed by atoms with Crippen molar-refractivity contribution in [2.24, 2.45) is 0 Å². The van der Waals surface area contributed by atoms with Crippen LogP contribution in [-0.2, 0) is 9.47 Å². The van der Waals surface area contributed by atoms with Gasteiger partial charge in [-0.2, -0.15) is 61.5 Å². The summed E-state index contributed by atoms with van der Waals surface area (Å²) < 4.78 is 181. The molecule has 0 aliphatic carbocycles. The molecule has 5 nitrogen and oxygen atoms in total. The molecular weight excluding hydrogens is 488 g/mol. The van der Waals surface area contributed by atoms with Gasteiger partial charge in [-0.25, -0.2) is 0 Å². The largest absolute Gasteiger partial charge is 0.460 e. The predicted octanol–water partition coefficient (Wildman–Crippen LogP) is 2.91. The maximum Gasteiger partial charge on any atom is 0.460 e. The summed E-state index contributed by atoms with van der Waals surface area (Å²) in [4.78, 5) is 0. The summed E-state index contributed by atoms with van der Waals surface area (Å²) in [5.41, 5.74) is 0. The van der Waals surface area contributed by atoms with Gasteiger partial charge in [0.15, 0.2) is 0 Å². The number of hydrogen-bond acceptors (Lipinski definition) is 5. The van der Waals surface area contributed by atoms with Crippen LogP contribution in [0.15, 0.2) is 0 Å². The minimum atomic E-state index is -6.73. The van der Waals surface area contributed by atoms with Crippen molar-refractivity contribution >= 4 is 0 Å². The Kier molecular flexibility index (Phi) is 9.38. The highest BCUT2D eigenvalue weighted by Gasteiger charge is 2.77. The monoisotopic (exact) mass is 501 g/mol. The number of nitrogens with one attached hydrogen (secondary N) is 1. The molecule has 0 saturated carbocycles. The first kappa shape index (κ1) is 29.8. The van der Waals surface area contributed by atoms with Gasteiger partial charge in [-0.3, -0.25) is 0 Å². The molecule has 3 N–H and O–H groups in total. The first-order valence-electron chi connectivity index (χ1n) is 7.50. The van der Waals surface area contributed by atoms with Crippen LogP contribution in [0.2, 0.25) is 0 Å². The molecule has 0 heterocycles. The van der Waals surface area contributed by atoms with Gasteiger partial charge in [0.05, 0.1) is 13.2 Å². The second kappa shape index (κ2) is 9.75. The van der Waals surface area contributed by atoms with Crippen molar-refractivity contribution in [2.75, 3.05) is 26.3 Å². The first-order chi connectivity index (χ1) is 13.5. The Morgan fingerprint density at radius 1 is 0.548 bits per heavy atom. The van der Waals surface area contributed by atoms with Crippen molar-refractivity contribution in [1.82, 2.24) is 5.32 Å². The van der Waals surface area contributed by atoms with E-state index < -0.39 is 74.9 Å². The normalized spacial score (nSPS) is 17.0. The number of hydrogen-bond donors (Lipinski definition) is 3. The Morgan fingerprint density at radius 2 is 0.806 bits per heavy atom. The zero-order valence-corrected chi connectivity index (χ0v) is 14.5. The molecule has 2 unspecified atom stereocenters. The highest BCUT2D eigenvalue weighted by molar-refractivity contribution is 4.94. The lowest BCUT2D eigenvalue weighted by Gasteiger charge is -2.31. The molecule has 0 aliphatic heterocycles. The number of halogens is 14. The molecule has 2 atom stereocenters. The van der Waals surface area contributed by atoms with E-state index in [4.69, 9.17) is 10.2 Å². The van der Waals surface area contributed by atoms with E-state index in [-0.39, 0.29) is 0 Å². The van der Waals surface area contributed by atoms with Crippen LogP contribution in [0.5, 0.6) is 0 Å². The smallest absolute Gasteiger partial charge is 0.363 e. The SMILES string of the molecule is OC(OCCNCCOC(O)C(F)(F)C(F)(F)C(F)(F)F)C(F)(F)C(F)(F)C(F)(F)F. The molecule has 0 amide bonds. The van der Waals surface area contributed by atoms with Gasteiger partial charge in [0.1, 0.15) is 0 Å². The number of aliphatic hydroxyl groups is 2. The Morgan fingerprint density at radius 3 is 1.03 bits per heavy atom. The van der Waals surface area contributed by atoms with Crippen molar-refractivity contribution in [3.63, 3.8) is 0 Å². The van der Waals surface area contributed by atoms with Gasteiger partial charge < -0.3 is 25.0 Å². The Labute approximate surface area is 162 Å². The molecule has 0 bridgehead atoms. The van der Waals surface area contributed by atoms with Crippen LogP contribution < -0.4 is 5.32 Å². The van der Waals surface area contributed by atoms with E-state index in [1.165, 1.54) is 0 Å². The molecule has 0 radical (unpaired) electrons. The van der Waals surface area contributed by atoms with Crippen molar-refractivity contribution in [3.8, 4) is 0 Å². The highest BCUT2D eigenvalue weighted by Crippen LogP contribution is 2.49. The molecule has 31 heavy (non-hydrogen) atoms. The third-order valence-electron chi connectivity index (χ3n) is 3.28. The number of ether oxygens (including phenoxy) is 2. The van der Waals surface area contributed by atoms with Crippen molar-refractivity contribution in [2.45, 2.75) is 48.6 Å². The minimum absolute atomic E-state index is 0.765. The average Bonchev–Trinajstić information content (AvgIpc) is 2.57. The van der Waals surface area contributed by atoms with Gasteiger partial charge >= 0.3 is 36.0 Å². The van der Waals surface area contributed by atoms with Crippen LogP contribution in [-0.4, -0.2) is 85.1 Å².